The van der Waals surface area contributed by atoms with Crippen LogP contribution in [0.4, 0.5) is 0 Å². The molecule has 0 fully saturated rings. The minimum Gasteiger partial charge on any atom is -0.350 e. The Morgan fingerprint density at radius 3 is 2.77 bits per heavy atom. The van der Waals surface area contributed by atoms with E-state index in [0.717, 1.165) is 15.0 Å². The average Bonchev–Trinajstić information content (AvgIpc) is 2.53. The number of halogens is 2. The van der Waals surface area contributed by atoms with Gasteiger partial charge in [0.1, 0.15) is 10.8 Å². The largest absolute Gasteiger partial charge is 0.350 e. The van der Waals surface area contributed by atoms with Crippen LogP contribution in [0.15, 0.2) is 28.9 Å². The molecule has 0 aliphatic carbocycles. The summed E-state index contributed by atoms with van der Waals surface area (Å²) in [4.78, 5) is 3.95. The van der Waals surface area contributed by atoms with Gasteiger partial charge in [-0.05, 0) is 12.1 Å². The molecule has 0 radical (unpaired) electrons. The maximum atomic E-state index is 5.65. The van der Waals surface area contributed by atoms with Gasteiger partial charge in [-0.25, -0.2) is 4.98 Å². The van der Waals surface area contributed by atoms with E-state index in [2.05, 4.69) is 32.7 Å². The van der Waals surface area contributed by atoms with Gasteiger partial charge in [-0.1, -0.05) is 16.8 Å². The first kappa shape index (κ1) is 8.96. The lowest BCUT2D eigenvalue weighted by Gasteiger charge is -1.92. The summed E-state index contributed by atoms with van der Waals surface area (Å²) in [6.07, 6.45) is 1.66. The highest BCUT2D eigenvalue weighted by molar-refractivity contribution is 14.1. The van der Waals surface area contributed by atoms with Crippen LogP contribution in [-0.2, 0) is 0 Å². The van der Waals surface area contributed by atoms with Gasteiger partial charge in [-0.3, -0.25) is 0 Å². The van der Waals surface area contributed by atoms with E-state index in [1.807, 2.05) is 12.1 Å². The minimum absolute atomic E-state index is 0.474. The van der Waals surface area contributed by atoms with Crippen molar-refractivity contribution < 1.29 is 4.52 Å². The third-order valence-corrected chi connectivity index (χ3v) is 2.24. The Balaban J connectivity index is 2.41. The van der Waals surface area contributed by atoms with E-state index in [-0.39, 0.29) is 0 Å². The van der Waals surface area contributed by atoms with Crippen LogP contribution in [-0.4, -0.2) is 10.1 Å². The first-order valence-corrected chi connectivity index (χ1v) is 4.95. The van der Waals surface area contributed by atoms with Crippen molar-refractivity contribution in [3.8, 4) is 11.3 Å². The summed E-state index contributed by atoms with van der Waals surface area (Å²) >= 11 is 7.71. The van der Waals surface area contributed by atoms with Crippen molar-refractivity contribution >= 4 is 34.2 Å². The van der Waals surface area contributed by atoms with E-state index >= 15 is 0 Å². The van der Waals surface area contributed by atoms with Crippen molar-refractivity contribution in [1.82, 2.24) is 10.1 Å². The summed E-state index contributed by atoms with van der Waals surface area (Å²) in [5, 5.41) is 4.32. The molecule has 2 aromatic rings. The van der Waals surface area contributed by atoms with Crippen molar-refractivity contribution in [2.75, 3.05) is 0 Å². The zero-order valence-electron chi connectivity index (χ0n) is 6.37. The molecule has 0 aliphatic heterocycles. The van der Waals surface area contributed by atoms with E-state index in [9.17, 15) is 0 Å². The van der Waals surface area contributed by atoms with E-state index in [4.69, 9.17) is 16.1 Å². The molecule has 0 spiro atoms. The molecular formula is C8H4ClIN2O. The first-order chi connectivity index (χ1) is 6.25. The van der Waals surface area contributed by atoms with Crippen molar-refractivity contribution in [2.45, 2.75) is 0 Å². The van der Waals surface area contributed by atoms with Crippen molar-refractivity contribution in [2.24, 2.45) is 0 Å². The Morgan fingerprint density at radius 1 is 1.38 bits per heavy atom. The van der Waals surface area contributed by atoms with Crippen LogP contribution in [0.1, 0.15) is 0 Å². The molecule has 5 heteroatoms. The predicted molar refractivity (Wildman–Crippen MR) is 57.5 cm³/mol. The molecule has 66 valence electrons. The maximum absolute atomic E-state index is 5.65. The molecule has 0 saturated carbocycles. The van der Waals surface area contributed by atoms with E-state index in [1.165, 1.54) is 0 Å². The number of pyridine rings is 1. The molecule has 0 bridgehead atoms. The van der Waals surface area contributed by atoms with E-state index < -0.39 is 0 Å². The molecule has 13 heavy (non-hydrogen) atoms. The lowest BCUT2D eigenvalue weighted by molar-refractivity contribution is 0.400. The molecule has 0 saturated heterocycles. The first-order valence-electron chi connectivity index (χ1n) is 3.50. The lowest BCUT2D eigenvalue weighted by atomic mass is 10.2. The van der Waals surface area contributed by atoms with Gasteiger partial charge in [-0.2, -0.15) is 0 Å². The van der Waals surface area contributed by atoms with Crippen LogP contribution in [0.3, 0.4) is 0 Å². The third kappa shape index (κ3) is 2.00. The van der Waals surface area contributed by atoms with Crippen LogP contribution < -0.4 is 0 Å². The van der Waals surface area contributed by atoms with Gasteiger partial charge in [-0.15, -0.1) is 0 Å². The average molecular weight is 306 g/mol. The van der Waals surface area contributed by atoms with Crippen LogP contribution in [0, 0.1) is 3.77 Å². The zero-order valence-corrected chi connectivity index (χ0v) is 9.28. The van der Waals surface area contributed by atoms with Crippen molar-refractivity contribution in [3.63, 3.8) is 0 Å². The predicted octanol–water partition coefficient (Wildman–Crippen LogP) is 2.99. The fourth-order valence-electron chi connectivity index (χ4n) is 0.916. The topological polar surface area (TPSA) is 38.9 Å². The Hall–Kier alpha value is -0.620. The molecule has 0 aliphatic rings. The van der Waals surface area contributed by atoms with Gasteiger partial charge in [0.2, 0.25) is 0 Å². The fourth-order valence-corrected chi connectivity index (χ4v) is 1.42. The standard InChI is InChI=1S/C8H4ClIN2O/c9-7-2-1-5(4-11-7)6-3-8(10)13-12-6/h1-4H. The summed E-state index contributed by atoms with van der Waals surface area (Å²) in [6.45, 7) is 0. The second-order valence-electron chi connectivity index (χ2n) is 2.39. The second-order valence-corrected chi connectivity index (χ2v) is 3.84. The highest BCUT2D eigenvalue weighted by Crippen LogP contribution is 2.19. The number of rotatable bonds is 1. The summed E-state index contributed by atoms with van der Waals surface area (Å²) in [6, 6.07) is 5.41. The van der Waals surface area contributed by atoms with Crippen molar-refractivity contribution in [1.29, 1.82) is 0 Å². The highest BCUT2D eigenvalue weighted by atomic mass is 127. The zero-order chi connectivity index (χ0) is 9.26. The molecule has 2 heterocycles. The number of aromatic nitrogens is 2. The lowest BCUT2D eigenvalue weighted by Crippen LogP contribution is -1.79. The van der Waals surface area contributed by atoms with Crippen LogP contribution in [0.5, 0.6) is 0 Å². The second kappa shape index (κ2) is 3.63. The molecule has 2 rings (SSSR count). The molecule has 0 unspecified atom stereocenters. The smallest absolute Gasteiger partial charge is 0.196 e. The van der Waals surface area contributed by atoms with Gasteiger partial charge >= 0.3 is 0 Å². The summed E-state index contributed by atoms with van der Waals surface area (Å²) < 4.78 is 5.68. The number of hydrogen-bond acceptors (Lipinski definition) is 3. The molecule has 2 aromatic heterocycles. The van der Waals surface area contributed by atoms with Crippen LogP contribution >= 0.6 is 34.2 Å². The van der Waals surface area contributed by atoms with Crippen LogP contribution in [0.2, 0.25) is 5.15 Å². The summed E-state index contributed by atoms with van der Waals surface area (Å²) in [7, 11) is 0. The normalized spacial score (nSPS) is 10.3. The minimum atomic E-state index is 0.474. The number of hydrogen-bond donors (Lipinski definition) is 0. The van der Waals surface area contributed by atoms with Crippen LogP contribution in [0.25, 0.3) is 11.3 Å². The van der Waals surface area contributed by atoms with Crippen molar-refractivity contribution in [3.05, 3.63) is 33.3 Å². The Morgan fingerprint density at radius 2 is 2.23 bits per heavy atom. The number of nitrogens with zero attached hydrogens (tertiary/aromatic N) is 2. The van der Waals surface area contributed by atoms with Gasteiger partial charge < -0.3 is 4.52 Å². The fraction of sp³-hybridized carbons (Fsp3) is 0. The molecule has 0 aromatic carbocycles. The Bertz CT molecular complexity index is 412. The monoisotopic (exact) mass is 306 g/mol. The molecule has 0 N–H and O–H groups in total. The van der Waals surface area contributed by atoms with Gasteiger partial charge in [0.15, 0.2) is 3.77 Å². The molecule has 0 atom stereocenters. The highest BCUT2D eigenvalue weighted by Gasteiger charge is 2.03. The summed E-state index contributed by atoms with van der Waals surface area (Å²) in [5.74, 6) is 0. The van der Waals surface area contributed by atoms with Gasteiger partial charge in [0, 0.05) is 40.4 Å². The molecular weight excluding hydrogens is 302 g/mol. The third-order valence-electron chi connectivity index (χ3n) is 1.50. The molecule has 0 amide bonds. The Labute approximate surface area is 93.2 Å². The summed E-state index contributed by atoms with van der Waals surface area (Å²) in [5.41, 5.74) is 1.67. The molecule has 3 nitrogen and oxygen atoms in total. The van der Waals surface area contributed by atoms with Gasteiger partial charge in [0.25, 0.3) is 0 Å². The van der Waals surface area contributed by atoms with E-state index in [1.54, 1.807) is 12.3 Å². The quantitative estimate of drug-likeness (QED) is 0.600. The van der Waals surface area contributed by atoms with Gasteiger partial charge in [0.05, 0.1) is 0 Å². The maximum Gasteiger partial charge on any atom is 0.196 e. The van der Waals surface area contributed by atoms with E-state index in [0.29, 0.717) is 5.15 Å². The Kier molecular flexibility index (Phi) is 2.50. The SMILES string of the molecule is Clc1ccc(-c2cc(I)on2)cn1.